The highest BCUT2D eigenvalue weighted by atomic mass is 15.8. The van der Waals surface area contributed by atoms with Crippen molar-refractivity contribution in [3.8, 4) is 0 Å². The van der Waals surface area contributed by atoms with Gasteiger partial charge < -0.3 is 0 Å². The molecular formula is C25H49N3. The molecule has 3 heteroatoms. The maximum absolute atomic E-state index is 3.85. The van der Waals surface area contributed by atoms with Gasteiger partial charge in [-0.3, -0.25) is 0 Å². The van der Waals surface area contributed by atoms with Crippen molar-refractivity contribution in [2.24, 2.45) is 40.9 Å². The fraction of sp³-hybridized carbons (Fsp3) is 1.00. The van der Waals surface area contributed by atoms with Crippen LogP contribution in [-0.4, -0.2) is 35.7 Å². The molecule has 1 saturated heterocycles. The van der Waals surface area contributed by atoms with Crippen LogP contribution in [0, 0.1) is 40.9 Å². The summed E-state index contributed by atoms with van der Waals surface area (Å²) in [6.45, 7) is 18.3. The zero-order valence-electron chi connectivity index (χ0n) is 20.2. The Morgan fingerprint density at radius 1 is 0.821 bits per heavy atom. The molecule has 4 atom stereocenters. The molecule has 3 unspecified atom stereocenters. The zero-order chi connectivity index (χ0) is 20.6. The summed E-state index contributed by atoms with van der Waals surface area (Å²) in [6.07, 6.45) is 9.92. The number of hydrogen-bond donors (Lipinski definition) is 1. The van der Waals surface area contributed by atoms with Gasteiger partial charge in [0.15, 0.2) is 0 Å². The van der Waals surface area contributed by atoms with Crippen LogP contribution in [-0.2, 0) is 0 Å². The van der Waals surface area contributed by atoms with Crippen LogP contribution in [0.15, 0.2) is 0 Å². The van der Waals surface area contributed by atoms with Gasteiger partial charge >= 0.3 is 0 Å². The minimum absolute atomic E-state index is 0.480. The molecule has 3 rings (SSSR count). The van der Waals surface area contributed by atoms with Crippen molar-refractivity contribution < 1.29 is 0 Å². The first kappa shape index (κ1) is 22.6. The lowest BCUT2D eigenvalue weighted by atomic mass is 9.67. The third-order valence-corrected chi connectivity index (χ3v) is 8.73. The quantitative estimate of drug-likeness (QED) is 0.637. The van der Waals surface area contributed by atoms with Crippen molar-refractivity contribution in [3.05, 3.63) is 0 Å². The molecule has 1 aliphatic heterocycles. The van der Waals surface area contributed by atoms with Gasteiger partial charge in [-0.1, -0.05) is 54.9 Å². The molecule has 2 aliphatic carbocycles. The molecule has 0 aromatic carbocycles. The number of hydrazine groups is 2. The summed E-state index contributed by atoms with van der Waals surface area (Å²) >= 11 is 0. The Bertz CT molecular complexity index is 471. The third-order valence-electron chi connectivity index (χ3n) is 8.73. The fourth-order valence-electron chi connectivity index (χ4n) is 6.83. The molecule has 0 radical (unpaired) electrons. The van der Waals surface area contributed by atoms with Crippen LogP contribution in [0.4, 0.5) is 0 Å². The van der Waals surface area contributed by atoms with Gasteiger partial charge in [-0.15, -0.1) is 0 Å². The van der Waals surface area contributed by atoms with E-state index in [-0.39, 0.29) is 0 Å². The number of nitrogens with one attached hydrogen (secondary N) is 1. The van der Waals surface area contributed by atoms with E-state index in [1.807, 2.05) is 0 Å². The van der Waals surface area contributed by atoms with Gasteiger partial charge in [0.2, 0.25) is 0 Å². The molecule has 0 aromatic heterocycles. The third kappa shape index (κ3) is 4.78. The number of rotatable bonds is 4. The summed E-state index contributed by atoms with van der Waals surface area (Å²) in [5, 5.41) is 5.17. The molecule has 0 bridgehead atoms. The van der Waals surface area contributed by atoms with Crippen molar-refractivity contribution >= 4 is 0 Å². The van der Waals surface area contributed by atoms with E-state index in [4.69, 9.17) is 0 Å². The largest absolute Gasteiger partial charge is 0.229 e. The Kier molecular flexibility index (Phi) is 7.20. The highest BCUT2D eigenvalue weighted by Gasteiger charge is 2.45. The van der Waals surface area contributed by atoms with Crippen LogP contribution in [0.25, 0.3) is 0 Å². The monoisotopic (exact) mass is 391 g/mol. The Hall–Kier alpha value is -0.120. The molecule has 1 heterocycles. The Balaban J connectivity index is 1.68. The SMILES string of the molecule is CC(C)C1CCC[C@H](C(C)C)C1N1CC(C2CCC(C(C)(C)C)CC2)N(C)N1. The second kappa shape index (κ2) is 8.94. The van der Waals surface area contributed by atoms with Gasteiger partial charge in [-0.2, -0.15) is 5.53 Å². The number of nitrogens with zero attached hydrogens (tertiary/aromatic N) is 2. The van der Waals surface area contributed by atoms with Gasteiger partial charge in [-0.05, 0) is 79.4 Å². The summed E-state index contributed by atoms with van der Waals surface area (Å²) in [6, 6.07) is 1.38. The smallest absolute Gasteiger partial charge is 0.0423 e. The van der Waals surface area contributed by atoms with E-state index in [0.717, 1.165) is 35.5 Å². The summed E-state index contributed by atoms with van der Waals surface area (Å²) < 4.78 is 0. The summed E-state index contributed by atoms with van der Waals surface area (Å²) in [4.78, 5) is 0. The van der Waals surface area contributed by atoms with E-state index in [1.165, 1.54) is 51.5 Å². The molecule has 164 valence electrons. The fourth-order valence-corrected chi connectivity index (χ4v) is 6.83. The predicted molar refractivity (Wildman–Crippen MR) is 121 cm³/mol. The summed E-state index contributed by atoms with van der Waals surface area (Å²) in [7, 11) is 2.30. The standard InChI is InChI=1S/C25H49N3/c1-17(2)21-10-9-11-22(18(3)4)24(21)28-16-23(27(8)26-28)19-12-14-20(15-13-19)25(5,6)7/h17-24,26H,9-16H2,1-8H3/t19?,20?,21-,22?,23?,24?/m1/s1. The molecule has 0 aromatic rings. The average Bonchev–Trinajstić information content (AvgIpc) is 3.01. The Morgan fingerprint density at radius 2 is 1.36 bits per heavy atom. The highest BCUT2D eigenvalue weighted by Crippen LogP contribution is 2.44. The molecule has 3 aliphatic rings. The van der Waals surface area contributed by atoms with Crippen LogP contribution < -0.4 is 5.53 Å². The average molecular weight is 392 g/mol. The van der Waals surface area contributed by atoms with Gasteiger partial charge in [0.25, 0.3) is 0 Å². The van der Waals surface area contributed by atoms with E-state index >= 15 is 0 Å². The molecule has 3 nitrogen and oxygen atoms in total. The molecular weight excluding hydrogens is 342 g/mol. The summed E-state index contributed by atoms with van der Waals surface area (Å²) in [5.41, 5.74) is 4.33. The first-order valence-electron chi connectivity index (χ1n) is 12.3. The van der Waals surface area contributed by atoms with Crippen molar-refractivity contribution in [2.45, 2.75) is 105 Å². The topological polar surface area (TPSA) is 18.5 Å². The van der Waals surface area contributed by atoms with Gasteiger partial charge in [-0.25, -0.2) is 10.0 Å². The van der Waals surface area contributed by atoms with E-state index in [1.54, 1.807) is 0 Å². The van der Waals surface area contributed by atoms with Crippen molar-refractivity contribution in [1.82, 2.24) is 15.6 Å². The number of hydrogen-bond acceptors (Lipinski definition) is 3. The van der Waals surface area contributed by atoms with Crippen LogP contribution in [0.3, 0.4) is 0 Å². The lowest BCUT2D eigenvalue weighted by molar-refractivity contribution is -0.0218. The first-order valence-corrected chi connectivity index (χ1v) is 12.3. The summed E-state index contributed by atoms with van der Waals surface area (Å²) in [5.74, 6) is 4.99. The van der Waals surface area contributed by atoms with E-state index in [9.17, 15) is 0 Å². The maximum Gasteiger partial charge on any atom is 0.0423 e. The molecule has 0 amide bonds. The molecule has 1 N–H and O–H groups in total. The normalized spacial score (nSPS) is 39.2. The highest BCUT2D eigenvalue weighted by molar-refractivity contribution is 4.96. The van der Waals surface area contributed by atoms with Crippen LogP contribution in [0.2, 0.25) is 0 Å². The van der Waals surface area contributed by atoms with Crippen molar-refractivity contribution in [3.63, 3.8) is 0 Å². The molecule has 3 fully saturated rings. The van der Waals surface area contributed by atoms with Crippen LogP contribution in [0.1, 0.15) is 93.4 Å². The molecule has 28 heavy (non-hydrogen) atoms. The molecule has 0 spiro atoms. The van der Waals surface area contributed by atoms with Crippen molar-refractivity contribution in [2.75, 3.05) is 13.6 Å². The van der Waals surface area contributed by atoms with E-state index in [0.29, 0.717) is 17.5 Å². The van der Waals surface area contributed by atoms with Gasteiger partial charge in [0.05, 0.1) is 0 Å². The second-order valence-electron chi connectivity index (χ2n) is 12.1. The first-order chi connectivity index (χ1) is 13.1. The maximum atomic E-state index is 3.85. The van der Waals surface area contributed by atoms with E-state index in [2.05, 4.69) is 71.1 Å². The zero-order valence-corrected chi connectivity index (χ0v) is 20.2. The predicted octanol–water partition coefficient (Wildman–Crippen LogP) is 5.97. The lowest BCUT2D eigenvalue weighted by Gasteiger charge is -2.46. The Labute approximate surface area is 175 Å². The van der Waals surface area contributed by atoms with Crippen LogP contribution >= 0.6 is 0 Å². The lowest BCUT2D eigenvalue weighted by Crippen LogP contribution is -2.54. The minimum Gasteiger partial charge on any atom is -0.229 e. The number of likely N-dealkylation sites (N-methyl/N-ethyl adjacent to an activating group) is 1. The van der Waals surface area contributed by atoms with Crippen LogP contribution in [0.5, 0.6) is 0 Å². The second-order valence-corrected chi connectivity index (χ2v) is 12.1. The van der Waals surface area contributed by atoms with Gasteiger partial charge in [0.1, 0.15) is 0 Å². The van der Waals surface area contributed by atoms with Crippen molar-refractivity contribution in [1.29, 1.82) is 0 Å². The van der Waals surface area contributed by atoms with Gasteiger partial charge in [0, 0.05) is 25.7 Å². The van der Waals surface area contributed by atoms with E-state index < -0.39 is 0 Å². The Morgan fingerprint density at radius 3 is 1.82 bits per heavy atom. The molecule has 2 saturated carbocycles. The minimum atomic E-state index is 0.480.